The average Bonchev–Trinajstić information content (AvgIpc) is 2.81. The summed E-state index contributed by atoms with van der Waals surface area (Å²) in [5, 5.41) is 5.77. The van der Waals surface area contributed by atoms with E-state index in [-0.39, 0.29) is 29.9 Å². The van der Waals surface area contributed by atoms with E-state index in [0.717, 1.165) is 31.0 Å². The molecule has 7 nitrogen and oxygen atoms in total. The number of anilines is 4. The molecule has 2 N–H and O–H groups in total. The van der Waals surface area contributed by atoms with Gasteiger partial charge in [0.2, 0.25) is 5.95 Å². The highest BCUT2D eigenvalue weighted by Crippen LogP contribution is 2.26. The van der Waals surface area contributed by atoms with E-state index in [9.17, 15) is 13.6 Å². The summed E-state index contributed by atoms with van der Waals surface area (Å²) in [7, 11) is 1.53. The normalized spacial score (nSPS) is 12.6. The van der Waals surface area contributed by atoms with Crippen LogP contribution < -0.4 is 15.4 Å². The molecule has 1 fully saturated rings. The fourth-order valence-corrected chi connectivity index (χ4v) is 3.42. The van der Waals surface area contributed by atoms with Crippen molar-refractivity contribution in [1.29, 1.82) is 0 Å². The number of nitrogens with zero attached hydrogens (tertiary/aromatic N) is 2. The van der Waals surface area contributed by atoms with Crippen molar-refractivity contribution in [2.24, 2.45) is 0 Å². The molecule has 4 rings (SSSR count). The van der Waals surface area contributed by atoms with E-state index in [1.807, 2.05) is 12.1 Å². The molecule has 0 radical (unpaired) electrons. The number of hydrogen-bond donors (Lipinski definition) is 2. The largest absolute Gasteiger partial charge is 0.488 e. The number of benzene rings is 2. The number of ketones is 1. The zero-order valence-corrected chi connectivity index (χ0v) is 19.3. The zero-order chi connectivity index (χ0) is 24.6. The molecule has 0 atom stereocenters. The molecule has 2 aromatic carbocycles. The minimum absolute atomic E-state index is 0.0407. The van der Waals surface area contributed by atoms with Crippen molar-refractivity contribution in [3.05, 3.63) is 77.5 Å². The molecule has 1 aliphatic carbocycles. The summed E-state index contributed by atoms with van der Waals surface area (Å²) in [5.41, 5.74) is 3.07. The minimum Gasteiger partial charge on any atom is -0.488 e. The topological polar surface area (TPSA) is 85.4 Å². The Labute approximate surface area is 202 Å². The first-order valence-electron chi connectivity index (χ1n) is 11.3. The summed E-state index contributed by atoms with van der Waals surface area (Å²) in [5.74, 6) is -0.971. The van der Waals surface area contributed by atoms with Gasteiger partial charge in [-0.25, -0.2) is 13.8 Å². The Balaban J connectivity index is 1.38. The quantitative estimate of drug-likeness (QED) is 0.277. The van der Waals surface area contributed by atoms with Crippen LogP contribution in [0.5, 0.6) is 5.75 Å². The van der Waals surface area contributed by atoms with Crippen molar-refractivity contribution in [1.82, 2.24) is 9.97 Å². The van der Waals surface area contributed by atoms with Crippen LogP contribution in [0.15, 0.2) is 60.3 Å². The number of carbonyl (C=O) groups excluding carboxylic acids is 1. The van der Waals surface area contributed by atoms with Crippen LogP contribution in [0.3, 0.4) is 0 Å². The van der Waals surface area contributed by atoms with Crippen molar-refractivity contribution in [2.75, 3.05) is 31.0 Å². The van der Waals surface area contributed by atoms with Crippen LogP contribution in [0.1, 0.15) is 24.8 Å². The summed E-state index contributed by atoms with van der Waals surface area (Å²) in [6.45, 7) is 0.573. The first-order valence-corrected chi connectivity index (χ1v) is 11.3. The highest BCUT2D eigenvalue weighted by molar-refractivity contribution is 5.92. The van der Waals surface area contributed by atoms with Gasteiger partial charge in [0.05, 0.1) is 12.8 Å². The first kappa shape index (κ1) is 24.3. The minimum atomic E-state index is -0.644. The lowest BCUT2D eigenvalue weighted by atomic mass is 9.91. The maximum atomic E-state index is 14.3. The molecule has 0 aliphatic heterocycles. The Morgan fingerprint density at radius 3 is 2.49 bits per heavy atom. The van der Waals surface area contributed by atoms with E-state index in [2.05, 4.69) is 20.6 Å². The SMILES string of the molecule is COCCOc1ccc(Nc2ncc(F)c(Nc3ccc(CC(=O)C=C4CCC4)cc3)n2)cc1F. The number of carbonyl (C=O) groups is 1. The van der Waals surface area contributed by atoms with Gasteiger partial charge < -0.3 is 20.1 Å². The van der Waals surface area contributed by atoms with Crippen LogP contribution >= 0.6 is 0 Å². The molecule has 0 spiro atoms. The lowest BCUT2D eigenvalue weighted by Crippen LogP contribution is -2.06. The molecule has 9 heteroatoms. The van der Waals surface area contributed by atoms with E-state index in [1.165, 1.54) is 24.8 Å². The van der Waals surface area contributed by atoms with Gasteiger partial charge in [0, 0.05) is 31.0 Å². The molecule has 182 valence electrons. The Hall–Kier alpha value is -3.85. The van der Waals surface area contributed by atoms with Gasteiger partial charge in [-0.05, 0) is 55.2 Å². The molecule has 0 unspecified atom stereocenters. The van der Waals surface area contributed by atoms with Crippen LogP contribution in [0.2, 0.25) is 0 Å². The second-order valence-electron chi connectivity index (χ2n) is 8.12. The Bertz CT molecular complexity index is 1210. The second-order valence-corrected chi connectivity index (χ2v) is 8.12. The van der Waals surface area contributed by atoms with Gasteiger partial charge in [0.1, 0.15) is 6.61 Å². The summed E-state index contributed by atoms with van der Waals surface area (Å²) >= 11 is 0. The smallest absolute Gasteiger partial charge is 0.229 e. The number of methoxy groups -OCH3 is 1. The zero-order valence-electron chi connectivity index (χ0n) is 19.3. The third-order valence-electron chi connectivity index (χ3n) is 5.43. The predicted octanol–water partition coefficient (Wildman–Crippen LogP) is 5.49. The number of hydrogen-bond acceptors (Lipinski definition) is 7. The lowest BCUT2D eigenvalue weighted by molar-refractivity contribution is -0.114. The van der Waals surface area contributed by atoms with Crippen molar-refractivity contribution in [2.45, 2.75) is 25.7 Å². The average molecular weight is 481 g/mol. The molecule has 1 saturated carbocycles. The van der Waals surface area contributed by atoms with Gasteiger partial charge in [0.25, 0.3) is 0 Å². The first-order chi connectivity index (χ1) is 17.0. The van der Waals surface area contributed by atoms with Crippen LogP contribution in [0.4, 0.5) is 31.9 Å². The fourth-order valence-electron chi connectivity index (χ4n) is 3.42. The van der Waals surface area contributed by atoms with Gasteiger partial charge >= 0.3 is 0 Å². The van der Waals surface area contributed by atoms with Gasteiger partial charge in [-0.2, -0.15) is 4.98 Å². The van der Waals surface area contributed by atoms with Crippen molar-refractivity contribution in [3.8, 4) is 5.75 Å². The summed E-state index contributed by atoms with van der Waals surface area (Å²) in [6.07, 6.45) is 6.28. The van der Waals surface area contributed by atoms with E-state index in [1.54, 1.807) is 24.3 Å². The highest BCUT2D eigenvalue weighted by atomic mass is 19.1. The standard InChI is InChI=1S/C26H26F2N4O3/c1-34-11-12-35-24-10-9-20(15-22(24)27)31-26-29-16-23(28)25(32-26)30-19-7-5-18(6-8-19)14-21(33)13-17-3-2-4-17/h5-10,13,15-16H,2-4,11-12,14H2,1H3,(H2,29,30,31,32). The van der Waals surface area contributed by atoms with E-state index < -0.39 is 11.6 Å². The third-order valence-corrected chi connectivity index (χ3v) is 5.43. The molecule has 1 heterocycles. The highest BCUT2D eigenvalue weighted by Gasteiger charge is 2.12. The second kappa shape index (κ2) is 11.5. The molecule has 0 saturated heterocycles. The number of aromatic nitrogens is 2. The lowest BCUT2D eigenvalue weighted by Gasteiger charge is -2.15. The van der Waals surface area contributed by atoms with Gasteiger partial charge in [-0.15, -0.1) is 0 Å². The van der Waals surface area contributed by atoms with Crippen LogP contribution in [0, 0.1) is 11.6 Å². The third kappa shape index (κ3) is 6.83. The summed E-state index contributed by atoms with van der Waals surface area (Å²) in [6, 6.07) is 11.5. The molecule has 1 aliphatic rings. The fraction of sp³-hybridized carbons (Fsp3) is 0.269. The van der Waals surface area contributed by atoms with Crippen molar-refractivity contribution >= 4 is 28.9 Å². The van der Waals surface area contributed by atoms with Crippen LogP contribution in [0.25, 0.3) is 0 Å². The molecular formula is C26H26F2N4O3. The van der Waals surface area contributed by atoms with E-state index in [0.29, 0.717) is 24.4 Å². The molecule has 3 aromatic rings. The molecule has 0 bridgehead atoms. The van der Waals surface area contributed by atoms with Gasteiger partial charge in [-0.3, -0.25) is 4.79 Å². The van der Waals surface area contributed by atoms with Crippen molar-refractivity contribution in [3.63, 3.8) is 0 Å². The van der Waals surface area contributed by atoms with Gasteiger partial charge in [0.15, 0.2) is 29.0 Å². The van der Waals surface area contributed by atoms with Crippen LogP contribution in [-0.4, -0.2) is 36.1 Å². The number of ether oxygens (including phenoxy) is 2. The number of rotatable bonds is 11. The van der Waals surface area contributed by atoms with E-state index in [4.69, 9.17) is 9.47 Å². The van der Waals surface area contributed by atoms with E-state index >= 15 is 0 Å². The molecule has 1 aromatic heterocycles. The maximum Gasteiger partial charge on any atom is 0.229 e. The Morgan fingerprint density at radius 2 is 1.80 bits per heavy atom. The predicted molar refractivity (Wildman–Crippen MR) is 129 cm³/mol. The summed E-state index contributed by atoms with van der Waals surface area (Å²) < 4.78 is 38.8. The molecular weight excluding hydrogens is 454 g/mol. The number of halogens is 2. The van der Waals surface area contributed by atoms with Crippen molar-refractivity contribution < 1.29 is 23.0 Å². The molecule has 0 amide bonds. The molecule has 35 heavy (non-hydrogen) atoms. The van der Waals surface area contributed by atoms with Gasteiger partial charge in [-0.1, -0.05) is 17.7 Å². The maximum absolute atomic E-state index is 14.3. The van der Waals surface area contributed by atoms with Crippen LogP contribution in [-0.2, 0) is 16.0 Å². The monoisotopic (exact) mass is 480 g/mol. The Kier molecular flexibility index (Phi) is 7.99. The number of allylic oxidation sites excluding steroid dienone is 2. The summed E-state index contributed by atoms with van der Waals surface area (Å²) in [4.78, 5) is 20.2. The number of nitrogens with one attached hydrogen (secondary N) is 2. The Morgan fingerprint density at radius 1 is 1.03 bits per heavy atom.